The van der Waals surface area contributed by atoms with E-state index in [0.29, 0.717) is 6.54 Å². The van der Waals surface area contributed by atoms with Crippen LogP contribution in [0.2, 0.25) is 0 Å². The number of alkyl halides is 2. The second-order valence-corrected chi connectivity index (χ2v) is 6.49. The van der Waals surface area contributed by atoms with Gasteiger partial charge in [0.05, 0.1) is 5.92 Å². The molecule has 1 heterocycles. The van der Waals surface area contributed by atoms with Gasteiger partial charge in [-0.3, -0.25) is 4.79 Å². The molecule has 0 spiro atoms. The lowest BCUT2D eigenvalue weighted by atomic mass is 9.92. The molecule has 3 rings (SSSR count). The van der Waals surface area contributed by atoms with E-state index in [9.17, 15) is 13.6 Å². The Labute approximate surface area is 163 Å². The van der Waals surface area contributed by atoms with Crippen LogP contribution in [0.15, 0.2) is 48.5 Å². The zero-order valence-corrected chi connectivity index (χ0v) is 15.8. The maximum Gasteiger partial charge on any atom is 0.387 e. The summed E-state index contributed by atoms with van der Waals surface area (Å²) >= 11 is 0. The van der Waals surface area contributed by atoms with Crippen LogP contribution >= 0.6 is 12.4 Å². The second-order valence-electron chi connectivity index (χ2n) is 6.49. The summed E-state index contributed by atoms with van der Waals surface area (Å²) < 4.78 is 29.3. The molecule has 0 saturated heterocycles. The predicted molar refractivity (Wildman–Crippen MR) is 104 cm³/mol. The van der Waals surface area contributed by atoms with Gasteiger partial charge in [0, 0.05) is 18.3 Å². The minimum absolute atomic E-state index is 0. The number of fused-ring (bicyclic) bond motifs is 1. The SMILES string of the molecule is CC(C(=O)N1CCCc2cc(OC(F)F)ccc21)C(N)c1ccccc1.Cl. The molecule has 146 valence electrons. The first-order valence-corrected chi connectivity index (χ1v) is 8.67. The van der Waals surface area contributed by atoms with Crippen LogP contribution in [0.4, 0.5) is 14.5 Å². The van der Waals surface area contributed by atoms with Crippen molar-refractivity contribution in [3.8, 4) is 5.75 Å². The average Bonchev–Trinajstić information content (AvgIpc) is 2.65. The van der Waals surface area contributed by atoms with Crippen LogP contribution in [-0.2, 0) is 11.2 Å². The Kier molecular flexibility index (Phi) is 7.16. The fourth-order valence-corrected chi connectivity index (χ4v) is 3.34. The van der Waals surface area contributed by atoms with Gasteiger partial charge in [-0.2, -0.15) is 8.78 Å². The van der Waals surface area contributed by atoms with E-state index < -0.39 is 18.6 Å². The third-order valence-corrected chi connectivity index (χ3v) is 4.77. The van der Waals surface area contributed by atoms with E-state index in [1.807, 2.05) is 37.3 Å². The second kappa shape index (κ2) is 9.15. The monoisotopic (exact) mass is 396 g/mol. The van der Waals surface area contributed by atoms with Crippen molar-refractivity contribution in [3.63, 3.8) is 0 Å². The van der Waals surface area contributed by atoms with Crippen molar-refractivity contribution in [3.05, 3.63) is 59.7 Å². The highest BCUT2D eigenvalue weighted by atomic mass is 35.5. The summed E-state index contributed by atoms with van der Waals surface area (Å²) in [6.07, 6.45) is 1.49. The zero-order valence-electron chi connectivity index (χ0n) is 15.0. The Hall–Kier alpha value is -2.18. The van der Waals surface area contributed by atoms with Crippen molar-refractivity contribution < 1.29 is 18.3 Å². The van der Waals surface area contributed by atoms with Crippen molar-refractivity contribution >= 4 is 24.0 Å². The molecule has 1 amide bonds. The molecule has 0 saturated carbocycles. The largest absolute Gasteiger partial charge is 0.435 e. The molecule has 0 bridgehead atoms. The number of anilines is 1. The first-order chi connectivity index (χ1) is 12.5. The van der Waals surface area contributed by atoms with E-state index in [0.717, 1.165) is 29.7 Å². The number of hydrogen-bond acceptors (Lipinski definition) is 3. The van der Waals surface area contributed by atoms with Crippen molar-refractivity contribution in [2.24, 2.45) is 11.7 Å². The van der Waals surface area contributed by atoms with E-state index in [4.69, 9.17) is 5.73 Å². The van der Waals surface area contributed by atoms with Crippen LogP contribution in [0, 0.1) is 5.92 Å². The van der Waals surface area contributed by atoms with Crippen LogP contribution in [-0.4, -0.2) is 19.1 Å². The highest BCUT2D eigenvalue weighted by Gasteiger charge is 2.30. The number of amides is 1. The fourth-order valence-electron chi connectivity index (χ4n) is 3.34. The van der Waals surface area contributed by atoms with E-state index in [1.165, 1.54) is 6.07 Å². The molecular weight excluding hydrogens is 374 g/mol. The minimum atomic E-state index is -2.86. The fraction of sp³-hybridized carbons (Fsp3) is 0.350. The topological polar surface area (TPSA) is 55.6 Å². The summed E-state index contributed by atoms with van der Waals surface area (Å²) in [6, 6.07) is 13.8. The highest BCUT2D eigenvalue weighted by Crippen LogP contribution is 2.33. The third-order valence-electron chi connectivity index (χ3n) is 4.77. The number of carbonyl (C=O) groups is 1. The molecule has 2 N–H and O–H groups in total. The summed E-state index contributed by atoms with van der Waals surface area (Å²) in [5.41, 5.74) is 8.78. The lowest BCUT2D eigenvalue weighted by molar-refractivity contribution is -0.122. The van der Waals surface area contributed by atoms with Gasteiger partial charge >= 0.3 is 6.61 Å². The van der Waals surface area contributed by atoms with Crippen molar-refractivity contribution in [1.29, 1.82) is 0 Å². The number of aryl methyl sites for hydroxylation is 1. The zero-order chi connectivity index (χ0) is 18.7. The Morgan fingerprint density at radius 3 is 2.56 bits per heavy atom. The number of ether oxygens (including phenoxy) is 1. The number of nitrogens with zero attached hydrogens (tertiary/aromatic N) is 1. The van der Waals surface area contributed by atoms with Gasteiger partial charge in [-0.1, -0.05) is 37.3 Å². The van der Waals surface area contributed by atoms with Crippen LogP contribution < -0.4 is 15.4 Å². The quantitative estimate of drug-likeness (QED) is 0.818. The Bertz CT molecular complexity index is 774. The van der Waals surface area contributed by atoms with Crippen LogP contribution in [0.3, 0.4) is 0 Å². The van der Waals surface area contributed by atoms with Gasteiger partial charge in [0.2, 0.25) is 5.91 Å². The van der Waals surface area contributed by atoms with Crippen molar-refractivity contribution in [2.75, 3.05) is 11.4 Å². The van der Waals surface area contributed by atoms with E-state index in [1.54, 1.807) is 17.0 Å². The van der Waals surface area contributed by atoms with Gasteiger partial charge in [-0.25, -0.2) is 0 Å². The van der Waals surface area contributed by atoms with Crippen LogP contribution in [0.25, 0.3) is 0 Å². The van der Waals surface area contributed by atoms with Gasteiger partial charge in [-0.05, 0) is 42.2 Å². The van der Waals surface area contributed by atoms with Crippen molar-refractivity contribution in [2.45, 2.75) is 32.4 Å². The number of nitrogens with two attached hydrogens (primary N) is 1. The maximum atomic E-state index is 13.0. The first kappa shape index (κ1) is 21.1. The smallest absolute Gasteiger partial charge is 0.387 e. The molecule has 1 aliphatic heterocycles. The van der Waals surface area contributed by atoms with Crippen molar-refractivity contribution in [1.82, 2.24) is 0 Å². The van der Waals surface area contributed by atoms with Gasteiger partial charge in [-0.15, -0.1) is 12.4 Å². The molecule has 4 nitrogen and oxygen atoms in total. The lowest BCUT2D eigenvalue weighted by Crippen LogP contribution is -2.42. The van der Waals surface area contributed by atoms with E-state index >= 15 is 0 Å². The normalized spacial score (nSPS) is 15.5. The number of carbonyl (C=O) groups excluding carboxylic acids is 1. The molecular formula is C20H23ClF2N2O2. The number of halogens is 3. The standard InChI is InChI=1S/C20H22F2N2O2.ClH/c1-13(18(23)14-6-3-2-4-7-14)19(25)24-11-5-8-15-12-16(26-20(21)22)9-10-17(15)24;/h2-4,6-7,9-10,12-13,18,20H,5,8,11,23H2,1H3;1H. The Balaban J connectivity index is 0.00000261. The summed E-state index contributed by atoms with van der Waals surface area (Å²) in [5, 5.41) is 0. The maximum absolute atomic E-state index is 13.0. The Morgan fingerprint density at radius 1 is 1.19 bits per heavy atom. The highest BCUT2D eigenvalue weighted by molar-refractivity contribution is 5.96. The lowest BCUT2D eigenvalue weighted by Gasteiger charge is -2.33. The number of benzene rings is 2. The van der Waals surface area contributed by atoms with Gasteiger partial charge in [0.1, 0.15) is 5.75 Å². The third kappa shape index (κ3) is 4.76. The Morgan fingerprint density at radius 2 is 1.89 bits per heavy atom. The molecule has 2 atom stereocenters. The summed E-state index contributed by atoms with van der Waals surface area (Å²) in [6.45, 7) is -0.451. The summed E-state index contributed by atoms with van der Waals surface area (Å²) in [7, 11) is 0. The van der Waals surface area contributed by atoms with E-state index in [2.05, 4.69) is 4.74 Å². The number of rotatable bonds is 5. The molecule has 2 unspecified atom stereocenters. The molecule has 2 aromatic carbocycles. The van der Waals surface area contributed by atoms with Gasteiger partial charge in [0.25, 0.3) is 0 Å². The molecule has 0 aliphatic carbocycles. The molecule has 0 fully saturated rings. The summed E-state index contributed by atoms with van der Waals surface area (Å²) in [4.78, 5) is 14.7. The van der Waals surface area contributed by atoms with Gasteiger partial charge < -0.3 is 15.4 Å². The molecule has 27 heavy (non-hydrogen) atoms. The van der Waals surface area contributed by atoms with E-state index in [-0.39, 0.29) is 24.1 Å². The molecule has 7 heteroatoms. The predicted octanol–water partition coefficient (Wildman–Crippen LogP) is 4.33. The average molecular weight is 397 g/mol. The molecule has 1 aliphatic rings. The summed E-state index contributed by atoms with van der Waals surface area (Å²) in [5.74, 6) is -0.354. The number of hydrogen-bond donors (Lipinski definition) is 1. The molecule has 0 radical (unpaired) electrons. The van der Waals surface area contributed by atoms with Crippen LogP contribution in [0.1, 0.15) is 30.5 Å². The molecule has 0 aromatic heterocycles. The molecule has 2 aromatic rings. The van der Waals surface area contributed by atoms with Crippen LogP contribution in [0.5, 0.6) is 5.75 Å². The minimum Gasteiger partial charge on any atom is -0.435 e. The first-order valence-electron chi connectivity index (χ1n) is 8.67. The van der Waals surface area contributed by atoms with Gasteiger partial charge in [0.15, 0.2) is 0 Å².